The molecular weight excluding hydrogens is 291 g/mol. The van der Waals surface area contributed by atoms with Gasteiger partial charge in [0, 0.05) is 0 Å². The van der Waals surface area contributed by atoms with Crippen LogP contribution in [0.25, 0.3) is 0 Å². The van der Waals surface area contributed by atoms with E-state index in [0.29, 0.717) is 10.0 Å². The summed E-state index contributed by atoms with van der Waals surface area (Å²) in [4.78, 5) is 0. The first-order valence-electron chi connectivity index (χ1n) is 6.49. The van der Waals surface area contributed by atoms with Crippen LogP contribution in [0.4, 0.5) is 0 Å². The Morgan fingerprint density at radius 2 is 1.85 bits per heavy atom. The monoisotopic (exact) mass is 308 g/mol. The van der Waals surface area contributed by atoms with Gasteiger partial charge in [-0.25, -0.2) is 0 Å². The van der Waals surface area contributed by atoms with E-state index in [1.165, 1.54) is 16.7 Å². The average molecular weight is 309 g/mol. The van der Waals surface area contributed by atoms with Gasteiger partial charge in [0.05, 0.1) is 16.1 Å². The van der Waals surface area contributed by atoms with Gasteiger partial charge in [-0.3, -0.25) is 11.3 Å². The second-order valence-corrected chi connectivity index (χ2v) is 5.77. The summed E-state index contributed by atoms with van der Waals surface area (Å²) in [5.74, 6) is 5.69. The molecule has 2 aromatic rings. The Labute approximate surface area is 129 Å². The smallest absolute Gasteiger partial charge is 0.0640 e. The largest absolute Gasteiger partial charge is 0.271 e. The van der Waals surface area contributed by atoms with E-state index in [0.717, 1.165) is 12.0 Å². The van der Waals surface area contributed by atoms with Crippen molar-refractivity contribution in [3.63, 3.8) is 0 Å². The van der Waals surface area contributed by atoms with Crippen LogP contribution in [0, 0.1) is 13.8 Å². The molecule has 0 amide bonds. The number of hydrazine groups is 1. The molecule has 0 saturated carbocycles. The first-order chi connectivity index (χ1) is 9.52. The summed E-state index contributed by atoms with van der Waals surface area (Å²) in [5, 5.41) is 1.10. The van der Waals surface area contributed by atoms with Gasteiger partial charge in [0.1, 0.15) is 0 Å². The van der Waals surface area contributed by atoms with E-state index in [2.05, 4.69) is 37.5 Å². The number of aryl methyl sites for hydroxylation is 2. The molecule has 0 aromatic heterocycles. The van der Waals surface area contributed by atoms with Gasteiger partial charge in [-0.1, -0.05) is 53.5 Å². The highest BCUT2D eigenvalue weighted by atomic mass is 35.5. The Kier molecular flexibility index (Phi) is 5.06. The Morgan fingerprint density at radius 3 is 2.50 bits per heavy atom. The van der Waals surface area contributed by atoms with Gasteiger partial charge in [-0.15, -0.1) is 0 Å². The predicted octanol–water partition coefficient (Wildman–Crippen LogP) is 4.36. The lowest BCUT2D eigenvalue weighted by Crippen LogP contribution is -2.29. The van der Waals surface area contributed by atoms with Gasteiger partial charge in [-0.2, -0.15) is 0 Å². The van der Waals surface area contributed by atoms with E-state index >= 15 is 0 Å². The molecule has 2 aromatic carbocycles. The van der Waals surface area contributed by atoms with Crippen LogP contribution < -0.4 is 11.3 Å². The van der Waals surface area contributed by atoms with Gasteiger partial charge in [0.25, 0.3) is 0 Å². The molecule has 2 rings (SSSR count). The Hall–Kier alpha value is -1.06. The van der Waals surface area contributed by atoms with Crippen molar-refractivity contribution in [1.82, 2.24) is 5.43 Å². The standard InChI is InChI=1S/C16H18Cl2N2/c1-10-6-7-12(8-11(10)2)9-15(20-19)13-4-3-5-14(17)16(13)18/h3-8,15,20H,9,19H2,1-2H3. The lowest BCUT2D eigenvalue weighted by atomic mass is 9.97. The van der Waals surface area contributed by atoms with Crippen molar-refractivity contribution < 1.29 is 0 Å². The zero-order valence-electron chi connectivity index (χ0n) is 11.6. The van der Waals surface area contributed by atoms with E-state index in [1.54, 1.807) is 6.07 Å². The Balaban J connectivity index is 2.28. The number of hydrogen-bond donors (Lipinski definition) is 2. The lowest BCUT2D eigenvalue weighted by molar-refractivity contribution is 0.552. The molecule has 0 saturated heterocycles. The van der Waals surface area contributed by atoms with Gasteiger partial charge < -0.3 is 0 Å². The molecule has 0 spiro atoms. The molecule has 0 fully saturated rings. The van der Waals surface area contributed by atoms with Crippen LogP contribution in [0.15, 0.2) is 36.4 Å². The molecule has 0 aliphatic heterocycles. The van der Waals surface area contributed by atoms with Crippen LogP contribution in [-0.4, -0.2) is 0 Å². The van der Waals surface area contributed by atoms with Crippen LogP contribution >= 0.6 is 23.2 Å². The summed E-state index contributed by atoms with van der Waals surface area (Å²) in [6.07, 6.45) is 0.762. The van der Waals surface area contributed by atoms with Gasteiger partial charge >= 0.3 is 0 Å². The van der Waals surface area contributed by atoms with Gasteiger partial charge in [0.15, 0.2) is 0 Å². The van der Waals surface area contributed by atoms with Crippen molar-refractivity contribution in [1.29, 1.82) is 0 Å². The SMILES string of the molecule is Cc1ccc(CC(NN)c2cccc(Cl)c2Cl)cc1C. The molecule has 0 aliphatic carbocycles. The van der Waals surface area contributed by atoms with Gasteiger partial charge in [-0.05, 0) is 48.6 Å². The molecule has 0 heterocycles. The fourth-order valence-corrected chi connectivity index (χ4v) is 2.65. The number of halogens is 2. The highest BCUT2D eigenvalue weighted by Gasteiger charge is 2.15. The molecular formula is C16H18Cl2N2. The van der Waals surface area contributed by atoms with E-state index in [4.69, 9.17) is 29.0 Å². The van der Waals surface area contributed by atoms with Crippen LogP contribution in [0.3, 0.4) is 0 Å². The van der Waals surface area contributed by atoms with Crippen molar-refractivity contribution in [3.8, 4) is 0 Å². The molecule has 2 nitrogen and oxygen atoms in total. The van der Waals surface area contributed by atoms with Crippen molar-refractivity contribution >= 4 is 23.2 Å². The van der Waals surface area contributed by atoms with E-state index in [9.17, 15) is 0 Å². The van der Waals surface area contributed by atoms with Crippen molar-refractivity contribution in [2.75, 3.05) is 0 Å². The normalized spacial score (nSPS) is 12.4. The third-order valence-corrected chi connectivity index (χ3v) is 4.40. The second-order valence-electron chi connectivity index (χ2n) is 4.99. The zero-order valence-corrected chi connectivity index (χ0v) is 13.1. The molecule has 106 valence electrons. The van der Waals surface area contributed by atoms with Crippen molar-refractivity contribution in [3.05, 3.63) is 68.7 Å². The Bertz CT molecular complexity index is 611. The summed E-state index contributed by atoms with van der Waals surface area (Å²) in [6.45, 7) is 4.21. The van der Waals surface area contributed by atoms with Crippen LogP contribution in [0.5, 0.6) is 0 Å². The van der Waals surface area contributed by atoms with Crippen LogP contribution in [0.1, 0.15) is 28.3 Å². The minimum atomic E-state index is -0.0664. The fourth-order valence-electron chi connectivity index (χ4n) is 2.21. The molecule has 3 N–H and O–H groups in total. The van der Waals surface area contributed by atoms with Crippen molar-refractivity contribution in [2.24, 2.45) is 5.84 Å². The fraction of sp³-hybridized carbons (Fsp3) is 0.250. The minimum Gasteiger partial charge on any atom is -0.271 e. The van der Waals surface area contributed by atoms with E-state index < -0.39 is 0 Å². The molecule has 1 unspecified atom stereocenters. The average Bonchev–Trinajstić information content (AvgIpc) is 2.43. The van der Waals surface area contributed by atoms with Gasteiger partial charge in [0.2, 0.25) is 0 Å². The third kappa shape index (κ3) is 3.33. The van der Waals surface area contributed by atoms with Crippen molar-refractivity contribution in [2.45, 2.75) is 26.3 Å². The summed E-state index contributed by atoms with van der Waals surface area (Å²) >= 11 is 12.3. The zero-order chi connectivity index (χ0) is 14.7. The highest BCUT2D eigenvalue weighted by Crippen LogP contribution is 2.31. The molecule has 0 aliphatic rings. The third-order valence-electron chi connectivity index (χ3n) is 3.57. The summed E-state index contributed by atoms with van der Waals surface area (Å²) < 4.78 is 0. The number of rotatable bonds is 4. The lowest BCUT2D eigenvalue weighted by Gasteiger charge is -2.19. The maximum atomic E-state index is 6.26. The molecule has 4 heteroatoms. The predicted molar refractivity (Wildman–Crippen MR) is 86.1 cm³/mol. The first kappa shape index (κ1) is 15.3. The quantitative estimate of drug-likeness (QED) is 0.650. The summed E-state index contributed by atoms with van der Waals surface area (Å²) in [7, 11) is 0. The summed E-state index contributed by atoms with van der Waals surface area (Å²) in [5.41, 5.74) is 7.51. The highest BCUT2D eigenvalue weighted by molar-refractivity contribution is 6.42. The van der Waals surface area contributed by atoms with Crippen LogP contribution in [0.2, 0.25) is 10.0 Å². The Morgan fingerprint density at radius 1 is 1.10 bits per heavy atom. The topological polar surface area (TPSA) is 38.0 Å². The number of nitrogens with one attached hydrogen (secondary N) is 1. The van der Waals surface area contributed by atoms with E-state index in [1.807, 2.05) is 12.1 Å². The molecule has 0 bridgehead atoms. The minimum absolute atomic E-state index is 0.0664. The number of nitrogens with two attached hydrogens (primary N) is 1. The van der Waals surface area contributed by atoms with E-state index in [-0.39, 0.29) is 6.04 Å². The first-order valence-corrected chi connectivity index (χ1v) is 7.24. The maximum Gasteiger partial charge on any atom is 0.0640 e. The summed E-state index contributed by atoms with van der Waals surface area (Å²) in [6, 6.07) is 12.0. The number of benzene rings is 2. The second kappa shape index (κ2) is 6.59. The number of hydrogen-bond acceptors (Lipinski definition) is 2. The molecule has 20 heavy (non-hydrogen) atoms. The van der Waals surface area contributed by atoms with Crippen LogP contribution in [-0.2, 0) is 6.42 Å². The maximum absolute atomic E-state index is 6.26. The molecule has 1 atom stereocenters. The molecule has 0 radical (unpaired) electrons.